The second-order valence-electron chi connectivity index (χ2n) is 9.89. The molecule has 0 aliphatic carbocycles. The Labute approximate surface area is 220 Å². The molecule has 38 heavy (non-hydrogen) atoms. The molecule has 0 radical (unpaired) electrons. The normalized spacial score (nSPS) is 11.4. The van der Waals surface area contributed by atoms with Crippen LogP contribution in [0.5, 0.6) is 5.75 Å². The van der Waals surface area contributed by atoms with E-state index in [0.29, 0.717) is 29.3 Å². The van der Waals surface area contributed by atoms with Crippen molar-refractivity contribution in [1.29, 1.82) is 0 Å². The fraction of sp³-hybridized carbons (Fsp3) is 0.241. The highest BCUT2D eigenvalue weighted by atomic mass is 16.6. The highest BCUT2D eigenvalue weighted by molar-refractivity contribution is 6.01. The number of anilines is 1. The zero-order valence-electron chi connectivity index (χ0n) is 21.5. The lowest BCUT2D eigenvalue weighted by molar-refractivity contribution is 0.142. The number of tetrazole rings is 1. The summed E-state index contributed by atoms with van der Waals surface area (Å²) >= 11 is 0. The third kappa shape index (κ3) is 5.67. The number of hydrogen-bond acceptors (Lipinski definition) is 7. The van der Waals surface area contributed by atoms with Gasteiger partial charge in [0.2, 0.25) is 0 Å². The van der Waals surface area contributed by atoms with E-state index in [1.165, 1.54) is 0 Å². The van der Waals surface area contributed by atoms with Gasteiger partial charge in [-0.3, -0.25) is 4.90 Å². The van der Waals surface area contributed by atoms with E-state index in [2.05, 4.69) is 20.6 Å². The number of fused-ring (bicyclic) bond motifs is 1. The van der Waals surface area contributed by atoms with E-state index in [9.17, 15) is 4.79 Å². The van der Waals surface area contributed by atoms with Crippen molar-refractivity contribution in [2.45, 2.75) is 45.9 Å². The zero-order chi connectivity index (χ0) is 26.5. The molecule has 0 saturated carbocycles. The lowest BCUT2D eigenvalue weighted by Crippen LogP contribution is -2.46. The number of nitrogens with zero attached hydrogens (tertiary/aromatic N) is 4. The summed E-state index contributed by atoms with van der Waals surface area (Å²) in [6, 6.07) is 23.1. The average molecular weight is 512 g/mol. The molecule has 9 nitrogen and oxygen atoms in total. The van der Waals surface area contributed by atoms with Crippen LogP contribution in [-0.4, -0.2) is 32.3 Å². The first kappa shape index (κ1) is 25.0. The largest absolute Gasteiger partial charge is 0.489 e. The monoisotopic (exact) mass is 511 g/mol. The fourth-order valence-corrected chi connectivity index (χ4v) is 4.27. The minimum Gasteiger partial charge on any atom is -0.489 e. The van der Waals surface area contributed by atoms with Crippen LogP contribution in [0.1, 0.15) is 43.3 Å². The van der Waals surface area contributed by atoms with Gasteiger partial charge in [0.25, 0.3) is 0 Å². The number of aromatic nitrogens is 4. The molecule has 9 heteroatoms. The van der Waals surface area contributed by atoms with Gasteiger partial charge in [-0.15, -0.1) is 10.2 Å². The molecular weight excluding hydrogens is 482 g/mol. The molecule has 0 unspecified atom stereocenters. The molecule has 1 N–H and O–H groups in total. The molecule has 0 saturated heterocycles. The maximum atomic E-state index is 13.4. The zero-order valence-corrected chi connectivity index (χ0v) is 21.5. The van der Waals surface area contributed by atoms with E-state index < -0.39 is 11.6 Å². The first-order chi connectivity index (χ1) is 18.4. The van der Waals surface area contributed by atoms with Gasteiger partial charge < -0.3 is 13.9 Å². The summed E-state index contributed by atoms with van der Waals surface area (Å²) in [5.41, 5.74) is 3.50. The minimum absolute atomic E-state index is 0.181. The third-order valence-electron chi connectivity index (χ3n) is 6.01. The van der Waals surface area contributed by atoms with Crippen molar-refractivity contribution >= 4 is 22.7 Å². The summed E-state index contributed by atoms with van der Waals surface area (Å²) in [7, 11) is 0. The smallest absolute Gasteiger partial charge is 0.415 e. The first-order valence-electron chi connectivity index (χ1n) is 12.3. The van der Waals surface area contributed by atoms with Crippen molar-refractivity contribution in [3.05, 3.63) is 102 Å². The van der Waals surface area contributed by atoms with Gasteiger partial charge in [0.1, 0.15) is 24.5 Å². The Kier molecular flexibility index (Phi) is 7.08. The van der Waals surface area contributed by atoms with Crippen molar-refractivity contribution in [3.8, 4) is 5.75 Å². The number of para-hydroxylation sites is 1. The molecule has 1 amide bonds. The van der Waals surface area contributed by atoms with Gasteiger partial charge in [-0.1, -0.05) is 53.7 Å². The summed E-state index contributed by atoms with van der Waals surface area (Å²) in [6.45, 7) is 6.37. The molecule has 5 rings (SSSR count). The molecule has 0 atom stereocenters. The number of benzene rings is 3. The molecule has 0 bridgehead atoms. The van der Waals surface area contributed by atoms with Gasteiger partial charge in [0.05, 0.1) is 12.0 Å². The number of nitrogens with one attached hydrogen (secondary N) is 1. The van der Waals surface area contributed by atoms with Gasteiger partial charge in [0, 0.05) is 22.9 Å². The van der Waals surface area contributed by atoms with Crippen LogP contribution in [0.15, 0.2) is 83.5 Å². The molecule has 0 fully saturated rings. The van der Waals surface area contributed by atoms with Crippen LogP contribution in [0.4, 0.5) is 10.5 Å². The van der Waals surface area contributed by atoms with Crippen LogP contribution in [0, 0.1) is 0 Å². The lowest BCUT2D eigenvalue weighted by atomic mass is 10.0. The van der Waals surface area contributed by atoms with E-state index in [1.54, 1.807) is 11.2 Å². The van der Waals surface area contributed by atoms with E-state index in [-0.39, 0.29) is 13.2 Å². The first-order valence-corrected chi connectivity index (χ1v) is 12.3. The Morgan fingerprint density at radius 3 is 2.53 bits per heavy atom. The van der Waals surface area contributed by atoms with Crippen LogP contribution in [0.3, 0.4) is 0 Å². The SMILES string of the molecule is CC(C)(C)N(C(=O)OCc1ccccc1)c1cc(COc2ccccc2Cc2nn[nH]n2)cc2occc12. The second kappa shape index (κ2) is 10.8. The number of H-pyrrole nitrogens is 1. The number of rotatable bonds is 8. The van der Waals surface area contributed by atoms with Gasteiger partial charge in [-0.2, -0.15) is 5.21 Å². The van der Waals surface area contributed by atoms with Crippen LogP contribution < -0.4 is 9.64 Å². The Hall–Kier alpha value is -4.66. The lowest BCUT2D eigenvalue weighted by Gasteiger charge is -2.35. The fourth-order valence-electron chi connectivity index (χ4n) is 4.27. The number of furan rings is 1. The predicted molar refractivity (Wildman–Crippen MR) is 143 cm³/mol. The van der Waals surface area contributed by atoms with E-state index in [1.807, 2.05) is 93.6 Å². The van der Waals surface area contributed by atoms with Crippen LogP contribution in [0.25, 0.3) is 11.0 Å². The number of carbonyl (C=O) groups excluding carboxylic acids is 1. The molecular formula is C29H29N5O4. The van der Waals surface area contributed by atoms with Gasteiger partial charge in [-0.25, -0.2) is 4.79 Å². The topological polar surface area (TPSA) is 106 Å². The number of aromatic amines is 1. The van der Waals surface area contributed by atoms with Crippen LogP contribution in [-0.2, 0) is 24.4 Å². The molecule has 3 aromatic carbocycles. The Morgan fingerprint density at radius 1 is 0.974 bits per heavy atom. The number of hydrogen-bond donors (Lipinski definition) is 1. The Morgan fingerprint density at radius 2 is 1.76 bits per heavy atom. The Bertz CT molecular complexity index is 1510. The maximum Gasteiger partial charge on any atom is 0.415 e. The minimum atomic E-state index is -0.561. The van der Waals surface area contributed by atoms with E-state index >= 15 is 0 Å². The van der Waals surface area contributed by atoms with Gasteiger partial charge in [0.15, 0.2) is 5.82 Å². The summed E-state index contributed by atoms with van der Waals surface area (Å²) in [5.74, 6) is 1.29. The molecule has 2 aromatic heterocycles. The third-order valence-corrected chi connectivity index (χ3v) is 6.01. The van der Waals surface area contributed by atoms with Crippen molar-refractivity contribution < 1.29 is 18.7 Å². The predicted octanol–water partition coefficient (Wildman–Crippen LogP) is 6.06. The quantitative estimate of drug-likeness (QED) is 0.270. The summed E-state index contributed by atoms with van der Waals surface area (Å²) in [6.07, 6.45) is 1.67. The summed E-state index contributed by atoms with van der Waals surface area (Å²) < 4.78 is 17.7. The van der Waals surface area contributed by atoms with Crippen molar-refractivity contribution in [3.63, 3.8) is 0 Å². The standard InChI is InChI=1S/C29H29N5O4/c1-29(2,3)34(28(35)38-18-20-9-5-4-6-10-20)24-15-21(16-26-23(24)13-14-36-26)19-37-25-12-8-7-11-22(25)17-27-30-32-33-31-27/h4-16H,17-19H2,1-3H3,(H,30,31,32,33). The van der Waals surface area contributed by atoms with E-state index in [4.69, 9.17) is 13.9 Å². The number of carbonyl (C=O) groups is 1. The highest BCUT2D eigenvalue weighted by Crippen LogP contribution is 2.35. The molecule has 194 valence electrons. The van der Waals surface area contributed by atoms with Crippen LogP contribution in [0.2, 0.25) is 0 Å². The second-order valence-corrected chi connectivity index (χ2v) is 9.89. The molecule has 0 spiro atoms. The number of ether oxygens (including phenoxy) is 2. The highest BCUT2D eigenvalue weighted by Gasteiger charge is 2.31. The molecule has 0 aliphatic heterocycles. The van der Waals surface area contributed by atoms with Crippen molar-refractivity contribution in [2.75, 3.05) is 4.90 Å². The van der Waals surface area contributed by atoms with Crippen LogP contribution >= 0.6 is 0 Å². The number of amides is 1. The molecule has 5 aromatic rings. The Balaban J connectivity index is 1.41. The van der Waals surface area contributed by atoms with E-state index in [0.717, 1.165) is 22.1 Å². The van der Waals surface area contributed by atoms with Gasteiger partial charge >= 0.3 is 6.09 Å². The summed E-state index contributed by atoms with van der Waals surface area (Å²) in [4.78, 5) is 15.1. The summed E-state index contributed by atoms with van der Waals surface area (Å²) in [5, 5.41) is 15.0. The average Bonchev–Trinajstić information content (AvgIpc) is 3.59. The van der Waals surface area contributed by atoms with Gasteiger partial charge in [-0.05, 0) is 56.2 Å². The molecule has 0 aliphatic rings. The molecule has 2 heterocycles. The maximum absolute atomic E-state index is 13.4. The van der Waals surface area contributed by atoms with Crippen molar-refractivity contribution in [1.82, 2.24) is 20.6 Å². The van der Waals surface area contributed by atoms with Crippen molar-refractivity contribution in [2.24, 2.45) is 0 Å².